The van der Waals surface area contributed by atoms with Crippen LogP contribution in [0.2, 0.25) is 0 Å². The SMILES string of the molecule is N#Cc1ccccc1NC(=O)CN1C(=O)C(=O)c2cc(Br)ccc21. The Morgan fingerprint density at radius 3 is 2.71 bits per heavy atom. The Hall–Kier alpha value is -2.98. The minimum Gasteiger partial charge on any atom is -0.323 e. The van der Waals surface area contributed by atoms with Crippen molar-refractivity contribution in [3.8, 4) is 6.07 Å². The van der Waals surface area contributed by atoms with Crippen molar-refractivity contribution in [1.29, 1.82) is 5.26 Å². The van der Waals surface area contributed by atoms with Gasteiger partial charge in [-0.05, 0) is 30.3 Å². The zero-order valence-electron chi connectivity index (χ0n) is 12.2. The summed E-state index contributed by atoms with van der Waals surface area (Å²) < 4.78 is 0.677. The molecule has 2 amide bonds. The van der Waals surface area contributed by atoms with E-state index in [0.29, 0.717) is 21.4 Å². The molecule has 0 aliphatic carbocycles. The predicted molar refractivity (Wildman–Crippen MR) is 90.6 cm³/mol. The molecule has 0 spiro atoms. The van der Waals surface area contributed by atoms with Crippen LogP contribution >= 0.6 is 15.9 Å². The molecular formula is C17H10BrN3O3. The fourth-order valence-electron chi connectivity index (χ4n) is 2.45. The van der Waals surface area contributed by atoms with Crippen molar-refractivity contribution in [1.82, 2.24) is 0 Å². The second kappa shape index (κ2) is 6.26. The van der Waals surface area contributed by atoms with Gasteiger partial charge < -0.3 is 5.32 Å². The zero-order chi connectivity index (χ0) is 17.3. The number of rotatable bonds is 3. The molecule has 0 atom stereocenters. The molecule has 3 rings (SSSR count). The van der Waals surface area contributed by atoms with Gasteiger partial charge in [-0.3, -0.25) is 19.3 Å². The first-order valence-electron chi connectivity index (χ1n) is 6.96. The second-order valence-electron chi connectivity index (χ2n) is 5.09. The van der Waals surface area contributed by atoms with Gasteiger partial charge in [0.2, 0.25) is 5.91 Å². The van der Waals surface area contributed by atoms with Crippen LogP contribution < -0.4 is 10.2 Å². The number of hydrogen-bond donors (Lipinski definition) is 1. The molecule has 1 heterocycles. The quantitative estimate of drug-likeness (QED) is 0.824. The number of fused-ring (bicyclic) bond motifs is 1. The molecule has 0 unspecified atom stereocenters. The van der Waals surface area contributed by atoms with E-state index in [1.165, 1.54) is 0 Å². The lowest BCUT2D eigenvalue weighted by Crippen LogP contribution is -2.37. The Balaban J connectivity index is 1.82. The summed E-state index contributed by atoms with van der Waals surface area (Å²) in [5, 5.41) is 11.6. The molecule has 118 valence electrons. The molecule has 1 N–H and O–H groups in total. The van der Waals surface area contributed by atoms with Crippen molar-refractivity contribution in [2.45, 2.75) is 0 Å². The molecule has 1 aliphatic heterocycles. The highest BCUT2D eigenvalue weighted by Crippen LogP contribution is 2.31. The molecule has 0 fully saturated rings. The Labute approximate surface area is 145 Å². The van der Waals surface area contributed by atoms with E-state index in [4.69, 9.17) is 5.26 Å². The molecule has 2 aromatic rings. The first kappa shape index (κ1) is 15.9. The summed E-state index contributed by atoms with van der Waals surface area (Å²) in [5.41, 5.74) is 1.34. The maximum Gasteiger partial charge on any atom is 0.299 e. The van der Waals surface area contributed by atoms with Gasteiger partial charge in [0.05, 0.1) is 22.5 Å². The van der Waals surface area contributed by atoms with Crippen molar-refractivity contribution in [2.75, 3.05) is 16.8 Å². The van der Waals surface area contributed by atoms with Gasteiger partial charge in [0.25, 0.3) is 11.7 Å². The van der Waals surface area contributed by atoms with Gasteiger partial charge in [-0.15, -0.1) is 0 Å². The first-order valence-corrected chi connectivity index (χ1v) is 7.75. The van der Waals surface area contributed by atoms with Gasteiger partial charge in [0.15, 0.2) is 0 Å². The number of nitrogens with zero attached hydrogens (tertiary/aromatic N) is 2. The third-order valence-electron chi connectivity index (χ3n) is 3.56. The van der Waals surface area contributed by atoms with Crippen molar-refractivity contribution in [3.63, 3.8) is 0 Å². The summed E-state index contributed by atoms with van der Waals surface area (Å²) in [5.74, 6) is -1.88. The third kappa shape index (κ3) is 2.79. The lowest BCUT2D eigenvalue weighted by atomic mass is 10.1. The number of benzene rings is 2. The first-order chi connectivity index (χ1) is 11.5. The molecule has 1 aliphatic rings. The van der Waals surface area contributed by atoms with Crippen molar-refractivity contribution >= 4 is 44.9 Å². The highest BCUT2D eigenvalue weighted by atomic mass is 79.9. The lowest BCUT2D eigenvalue weighted by molar-refractivity contribution is -0.118. The maximum atomic E-state index is 12.2. The molecule has 6 nitrogen and oxygen atoms in total. The van der Waals surface area contributed by atoms with Crippen LogP contribution in [0.15, 0.2) is 46.9 Å². The smallest absolute Gasteiger partial charge is 0.299 e. The van der Waals surface area contributed by atoms with Crippen molar-refractivity contribution in [2.24, 2.45) is 0 Å². The van der Waals surface area contributed by atoms with E-state index in [-0.39, 0.29) is 12.1 Å². The second-order valence-corrected chi connectivity index (χ2v) is 6.00. The van der Waals surface area contributed by atoms with Crippen LogP contribution in [-0.4, -0.2) is 24.1 Å². The van der Waals surface area contributed by atoms with E-state index in [0.717, 1.165) is 4.90 Å². The average molecular weight is 384 g/mol. The molecule has 0 saturated heterocycles. The van der Waals surface area contributed by atoms with Crippen LogP contribution in [0.5, 0.6) is 0 Å². The van der Waals surface area contributed by atoms with Crippen molar-refractivity contribution in [3.05, 3.63) is 58.1 Å². The van der Waals surface area contributed by atoms with Gasteiger partial charge >= 0.3 is 0 Å². The van der Waals surface area contributed by atoms with Crippen LogP contribution in [0, 0.1) is 11.3 Å². The molecule has 0 aromatic heterocycles. The Kier molecular flexibility index (Phi) is 4.15. The van der Waals surface area contributed by atoms with Crippen LogP contribution in [0.4, 0.5) is 11.4 Å². The molecule has 0 saturated carbocycles. The Morgan fingerprint density at radius 2 is 1.96 bits per heavy atom. The van der Waals surface area contributed by atoms with E-state index < -0.39 is 17.6 Å². The normalized spacial score (nSPS) is 12.8. The molecular weight excluding hydrogens is 374 g/mol. The number of amides is 2. The number of carbonyl (C=O) groups is 3. The monoisotopic (exact) mass is 383 g/mol. The summed E-state index contributed by atoms with van der Waals surface area (Å²) in [4.78, 5) is 37.5. The molecule has 0 radical (unpaired) electrons. The number of anilines is 2. The van der Waals surface area contributed by atoms with Gasteiger partial charge in [-0.1, -0.05) is 28.1 Å². The number of nitriles is 1. The van der Waals surface area contributed by atoms with Gasteiger partial charge in [-0.25, -0.2) is 0 Å². The number of carbonyl (C=O) groups excluding carboxylic acids is 3. The van der Waals surface area contributed by atoms with Crippen LogP contribution in [-0.2, 0) is 9.59 Å². The molecule has 7 heteroatoms. The number of nitrogens with one attached hydrogen (secondary N) is 1. The number of Topliss-reactive ketones (excluding diaryl/α,β-unsaturated/α-hetero) is 1. The Bertz CT molecular complexity index is 918. The largest absolute Gasteiger partial charge is 0.323 e. The summed E-state index contributed by atoms with van der Waals surface area (Å²) in [7, 11) is 0. The standard InChI is InChI=1S/C17H10BrN3O3/c18-11-5-6-14-12(7-11)16(23)17(24)21(14)9-15(22)20-13-4-2-1-3-10(13)8-19/h1-7H,9H2,(H,20,22). The average Bonchev–Trinajstić information content (AvgIpc) is 2.80. The molecule has 2 aromatic carbocycles. The maximum absolute atomic E-state index is 12.2. The van der Waals surface area contributed by atoms with Crippen LogP contribution in [0.1, 0.15) is 15.9 Å². The summed E-state index contributed by atoms with van der Waals surface area (Å²) in [6.45, 7) is -0.307. The number of ketones is 1. The van der Waals surface area contributed by atoms with E-state index in [1.54, 1.807) is 42.5 Å². The van der Waals surface area contributed by atoms with Crippen molar-refractivity contribution < 1.29 is 14.4 Å². The van der Waals surface area contributed by atoms with E-state index in [2.05, 4.69) is 21.2 Å². The van der Waals surface area contributed by atoms with E-state index in [1.807, 2.05) is 6.07 Å². The summed E-state index contributed by atoms with van der Waals surface area (Å²) in [6, 6.07) is 13.4. The highest BCUT2D eigenvalue weighted by molar-refractivity contribution is 9.10. The predicted octanol–water partition coefficient (Wildman–Crippen LogP) is 2.49. The minimum absolute atomic E-state index is 0.264. The Morgan fingerprint density at radius 1 is 1.21 bits per heavy atom. The fourth-order valence-corrected chi connectivity index (χ4v) is 2.81. The topological polar surface area (TPSA) is 90.3 Å². The third-order valence-corrected chi connectivity index (χ3v) is 4.05. The van der Waals surface area contributed by atoms with Crippen LogP contribution in [0.3, 0.4) is 0 Å². The van der Waals surface area contributed by atoms with E-state index >= 15 is 0 Å². The van der Waals surface area contributed by atoms with Gasteiger partial charge in [0.1, 0.15) is 12.6 Å². The summed E-state index contributed by atoms with van der Waals surface area (Å²) in [6.07, 6.45) is 0. The van der Waals surface area contributed by atoms with Gasteiger partial charge in [0, 0.05) is 4.47 Å². The molecule has 24 heavy (non-hydrogen) atoms. The zero-order valence-corrected chi connectivity index (χ0v) is 13.8. The number of hydrogen-bond acceptors (Lipinski definition) is 4. The highest BCUT2D eigenvalue weighted by Gasteiger charge is 2.36. The number of para-hydroxylation sites is 1. The molecule has 0 bridgehead atoms. The summed E-state index contributed by atoms with van der Waals surface area (Å²) >= 11 is 3.25. The lowest BCUT2D eigenvalue weighted by Gasteiger charge is -2.16. The van der Waals surface area contributed by atoms with Crippen LogP contribution in [0.25, 0.3) is 0 Å². The number of halogens is 1. The fraction of sp³-hybridized carbons (Fsp3) is 0.0588. The van der Waals surface area contributed by atoms with Gasteiger partial charge in [-0.2, -0.15) is 5.26 Å². The van der Waals surface area contributed by atoms with E-state index in [9.17, 15) is 14.4 Å². The minimum atomic E-state index is -0.744.